The SMILES string of the molecule is CC1(c2nccs2)OC1=Cc1ccc2c(c1)N(c1ccncc1)CC2(CO)CO. The molecule has 29 heavy (non-hydrogen) atoms. The molecule has 7 heteroatoms. The van der Waals surface area contributed by atoms with Crippen molar-refractivity contribution < 1.29 is 14.9 Å². The number of aromatic nitrogens is 2. The Morgan fingerprint density at radius 1 is 1.17 bits per heavy atom. The molecule has 2 aliphatic heterocycles. The average molecular weight is 407 g/mol. The van der Waals surface area contributed by atoms with Gasteiger partial charge in [0.2, 0.25) is 5.60 Å². The number of aliphatic hydroxyl groups excluding tert-OH is 2. The molecule has 2 aliphatic rings. The summed E-state index contributed by atoms with van der Waals surface area (Å²) < 4.78 is 5.87. The first-order chi connectivity index (χ1) is 14.1. The molecule has 1 unspecified atom stereocenters. The first-order valence-corrected chi connectivity index (χ1v) is 10.3. The number of aliphatic hydroxyl groups is 2. The summed E-state index contributed by atoms with van der Waals surface area (Å²) in [4.78, 5) is 10.6. The lowest BCUT2D eigenvalue weighted by Gasteiger charge is -2.26. The van der Waals surface area contributed by atoms with Crippen molar-refractivity contribution in [1.29, 1.82) is 0 Å². The molecule has 5 rings (SSSR count). The molecule has 0 amide bonds. The van der Waals surface area contributed by atoms with Crippen LogP contribution in [0.2, 0.25) is 0 Å². The Labute approximate surface area is 172 Å². The summed E-state index contributed by atoms with van der Waals surface area (Å²) in [6.07, 6.45) is 7.31. The van der Waals surface area contributed by atoms with Gasteiger partial charge in [0.25, 0.3) is 0 Å². The number of fused-ring (bicyclic) bond motifs is 1. The van der Waals surface area contributed by atoms with Crippen LogP contribution in [0.25, 0.3) is 6.08 Å². The van der Waals surface area contributed by atoms with Gasteiger partial charge < -0.3 is 19.8 Å². The monoisotopic (exact) mass is 407 g/mol. The molecule has 0 spiro atoms. The van der Waals surface area contributed by atoms with E-state index in [-0.39, 0.29) is 13.2 Å². The van der Waals surface area contributed by atoms with Crippen molar-refractivity contribution >= 4 is 28.8 Å². The van der Waals surface area contributed by atoms with E-state index in [0.29, 0.717) is 6.54 Å². The van der Waals surface area contributed by atoms with Gasteiger partial charge in [0.15, 0.2) is 0 Å². The Morgan fingerprint density at radius 2 is 1.97 bits per heavy atom. The molecule has 3 aromatic rings. The maximum atomic E-state index is 10.1. The summed E-state index contributed by atoms with van der Waals surface area (Å²) >= 11 is 1.58. The zero-order chi connectivity index (χ0) is 20.1. The van der Waals surface area contributed by atoms with Crippen molar-refractivity contribution in [3.63, 3.8) is 0 Å². The van der Waals surface area contributed by atoms with E-state index in [2.05, 4.69) is 20.9 Å². The van der Waals surface area contributed by atoms with Crippen molar-refractivity contribution in [3.8, 4) is 0 Å². The predicted molar refractivity (Wildman–Crippen MR) is 112 cm³/mol. The normalized spacial score (nSPS) is 23.1. The van der Waals surface area contributed by atoms with Crippen LogP contribution in [0.1, 0.15) is 23.1 Å². The third-order valence-corrected chi connectivity index (χ3v) is 6.78. The minimum absolute atomic E-state index is 0.121. The largest absolute Gasteiger partial charge is 0.472 e. The molecule has 0 aliphatic carbocycles. The summed E-state index contributed by atoms with van der Waals surface area (Å²) in [7, 11) is 0. The summed E-state index contributed by atoms with van der Waals surface area (Å²) in [5, 5.41) is 23.1. The molecular formula is C22H21N3O3S. The third-order valence-electron chi connectivity index (χ3n) is 5.81. The summed E-state index contributed by atoms with van der Waals surface area (Å²) in [6.45, 7) is 2.29. The highest BCUT2D eigenvalue weighted by Gasteiger charge is 2.52. The van der Waals surface area contributed by atoms with E-state index in [0.717, 1.165) is 33.3 Å². The molecule has 0 radical (unpaired) electrons. The highest BCUT2D eigenvalue weighted by atomic mass is 32.1. The molecular weight excluding hydrogens is 386 g/mol. The van der Waals surface area contributed by atoms with Crippen LogP contribution < -0.4 is 4.90 Å². The van der Waals surface area contributed by atoms with E-state index in [1.54, 1.807) is 29.9 Å². The first-order valence-electron chi connectivity index (χ1n) is 9.45. The van der Waals surface area contributed by atoms with Gasteiger partial charge in [-0.2, -0.15) is 0 Å². The average Bonchev–Trinajstić information content (AvgIpc) is 3.15. The lowest BCUT2D eigenvalue weighted by molar-refractivity contribution is 0.128. The van der Waals surface area contributed by atoms with Crippen LogP contribution in [0, 0.1) is 0 Å². The Hall–Kier alpha value is -2.74. The molecule has 2 N–H and O–H groups in total. The lowest BCUT2D eigenvalue weighted by atomic mass is 9.83. The molecule has 148 valence electrons. The van der Waals surface area contributed by atoms with Gasteiger partial charge in [-0.1, -0.05) is 12.1 Å². The number of hydrogen-bond donors (Lipinski definition) is 2. The molecule has 1 saturated heterocycles. The van der Waals surface area contributed by atoms with Crippen LogP contribution >= 0.6 is 11.3 Å². The van der Waals surface area contributed by atoms with Gasteiger partial charge in [-0.05, 0) is 42.3 Å². The van der Waals surface area contributed by atoms with Gasteiger partial charge in [0.1, 0.15) is 10.8 Å². The minimum atomic E-state index is -0.699. The molecule has 6 nitrogen and oxygen atoms in total. The van der Waals surface area contributed by atoms with Crippen molar-refractivity contribution in [2.45, 2.75) is 17.9 Å². The number of nitrogens with zero attached hydrogens (tertiary/aromatic N) is 3. The van der Waals surface area contributed by atoms with Crippen molar-refractivity contribution in [2.24, 2.45) is 0 Å². The number of pyridine rings is 1. The molecule has 1 atom stereocenters. The predicted octanol–water partition coefficient (Wildman–Crippen LogP) is 3.20. The summed E-state index contributed by atoms with van der Waals surface area (Å²) in [5.74, 6) is 0.886. The zero-order valence-electron chi connectivity index (χ0n) is 15.9. The van der Waals surface area contributed by atoms with Gasteiger partial charge >= 0.3 is 0 Å². The van der Waals surface area contributed by atoms with Crippen LogP contribution in [-0.2, 0) is 15.8 Å². The van der Waals surface area contributed by atoms with Gasteiger partial charge in [-0.25, -0.2) is 4.98 Å². The Morgan fingerprint density at radius 3 is 2.66 bits per heavy atom. The minimum Gasteiger partial charge on any atom is -0.472 e. The second-order valence-corrected chi connectivity index (χ2v) is 8.54. The maximum Gasteiger partial charge on any atom is 0.213 e. The highest BCUT2D eigenvalue weighted by molar-refractivity contribution is 7.09. The molecule has 1 aromatic carbocycles. The van der Waals surface area contributed by atoms with E-state index in [4.69, 9.17) is 4.74 Å². The quantitative estimate of drug-likeness (QED) is 0.632. The van der Waals surface area contributed by atoms with Crippen molar-refractivity contribution in [1.82, 2.24) is 9.97 Å². The fraction of sp³-hybridized carbons (Fsp3) is 0.273. The number of benzene rings is 1. The smallest absolute Gasteiger partial charge is 0.213 e. The van der Waals surface area contributed by atoms with Crippen LogP contribution in [-0.4, -0.2) is 39.9 Å². The number of epoxide rings is 1. The molecule has 2 aromatic heterocycles. The van der Waals surface area contributed by atoms with Gasteiger partial charge in [-0.15, -0.1) is 11.3 Å². The highest BCUT2D eigenvalue weighted by Crippen LogP contribution is 2.52. The first kappa shape index (κ1) is 18.3. The topological polar surface area (TPSA) is 82.0 Å². The van der Waals surface area contributed by atoms with Crippen LogP contribution in [0.5, 0.6) is 0 Å². The fourth-order valence-corrected chi connectivity index (χ4v) is 4.72. The van der Waals surface area contributed by atoms with Gasteiger partial charge in [0.05, 0.1) is 18.6 Å². The number of rotatable bonds is 5. The number of thiazole rings is 1. The van der Waals surface area contributed by atoms with E-state index >= 15 is 0 Å². The summed E-state index contributed by atoms with van der Waals surface area (Å²) in [5.41, 5.74) is 2.76. The van der Waals surface area contributed by atoms with E-state index in [1.807, 2.05) is 42.6 Å². The zero-order valence-corrected chi connectivity index (χ0v) is 16.8. The third kappa shape index (κ3) is 2.85. The number of anilines is 2. The standard InChI is InChI=1S/C22H21N3O3S/c1-21(20-24-8-9-29-20)19(28-21)11-15-2-3-17-18(10-15)25(12-22(17,13-26)14-27)16-4-6-23-7-5-16/h2-11,26-27H,12-14H2,1H3. The van der Waals surface area contributed by atoms with Gasteiger partial charge in [0, 0.05) is 41.9 Å². The maximum absolute atomic E-state index is 10.1. The molecule has 0 saturated carbocycles. The molecule has 1 fully saturated rings. The second-order valence-electron chi connectivity index (χ2n) is 7.65. The van der Waals surface area contributed by atoms with Crippen LogP contribution in [0.3, 0.4) is 0 Å². The van der Waals surface area contributed by atoms with E-state index in [9.17, 15) is 10.2 Å². The van der Waals surface area contributed by atoms with Crippen LogP contribution in [0.4, 0.5) is 11.4 Å². The summed E-state index contributed by atoms with van der Waals surface area (Å²) in [6, 6.07) is 9.96. The molecule has 4 heterocycles. The fourth-order valence-electron chi connectivity index (χ4n) is 3.98. The van der Waals surface area contributed by atoms with E-state index < -0.39 is 11.0 Å². The second kappa shape index (κ2) is 6.66. The Balaban J connectivity index is 1.55. The van der Waals surface area contributed by atoms with Gasteiger partial charge in [-0.3, -0.25) is 4.98 Å². The number of ether oxygens (including phenoxy) is 1. The Kier molecular flexibility index (Phi) is 4.20. The Bertz CT molecular complexity index is 1060. The van der Waals surface area contributed by atoms with Crippen molar-refractivity contribution in [2.75, 3.05) is 24.7 Å². The lowest BCUT2D eigenvalue weighted by Crippen LogP contribution is -2.38. The number of hydrogen-bond acceptors (Lipinski definition) is 7. The molecule has 0 bridgehead atoms. The van der Waals surface area contributed by atoms with Crippen molar-refractivity contribution in [3.05, 3.63) is 76.2 Å². The van der Waals surface area contributed by atoms with Crippen LogP contribution in [0.15, 0.2) is 60.1 Å². The van der Waals surface area contributed by atoms with E-state index in [1.165, 1.54) is 0 Å².